The van der Waals surface area contributed by atoms with Gasteiger partial charge in [0.05, 0.1) is 36.4 Å². The molecule has 0 aliphatic carbocycles. The number of carbonyl (C=O) groups excluding carboxylic acids is 2. The number of anilines is 2. The summed E-state index contributed by atoms with van der Waals surface area (Å²) in [4.78, 5) is 29.0. The van der Waals surface area contributed by atoms with Crippen LogP contribution in [0.4, 0.5) is 16.2 Å². The second kappa shape index (κ2) is 10.9. The zero-order chi connectivity index (χ0) is 25.9. The minimum atomic E-state index is -3.09. The van der Waals surface area contributed by atoms with Gasteiger partial charge in [0.1, 0.15) is 18.5 Å². The van der Waals surface area contributed by atoms with Gasteiger partial charge in [-0.05, 0) is 42.3 Å². The Labute approximate surface area is 211 Å². The van der Waals surface area contributed by atoms with Crippen LogP contribution < -0.4 is 14.5 Å². The smallest absolute Gasteiger partial charge is 0.414 e. The highest BCUT2D eigenvalue weighted by atomic mass is 32.2. The molecule has 2 aliphatic heterocycles. The lowest BCUT2D eigenvalue weighted by molar-refractivity contribution is -0.117. The second-order valence-corrected chi connectivity index (χ2v) is 11.5. The summed E-state index contributed by atoms with van der Waals surface area (Å²) in [6.45, 7) is 4.98. The summed E-state index contributed by atoms with van der Waals surface area (Å²) in [5, 5.41) is 0. The number of hydrogen-bond acceptors (Lipinski definition) is 7. The lowest BCUT2D eigenvalue weighted by Crippen LogP contribution is -2.52. The van der Waals surface area contributed by atoms with Crippen molar-refractivity contribution in [2.75, 3.05) is 48.2 Å². The zero-order valence-corrected chi connectivity index (χ0v) is 21.6. The van der Waals surface area contributed by atoms with Gasteiger partial charge in [0.25, 0.3) is 0 Å². The highest BCUT2D eigenvalue weighted by Crippen LogP contribution is 2.39. The van der Waals surface area contributed by atoms with Crippen LogP contribution in [0.15, 0.2) is 42.5 Å². The molecule has 36 heavy (non-hydrogen) atoms. The Hall–Kier alpha value is -3.11. The molecule has 1 fully saturated rings. The van der Waals surface area contributed by atoms with E-state index in [9.17, 15) is 18.0 Å². The van der Waals surface area contributed by atoms with Crippen LogP contribution in [-0.4, -0.2) is 70.9 Å². The number of hydrogen-bond donors (Lipinski definition) is 0. The first kappa shape index (κ1) is 26.0. The highest BCUT2D eigenvalue weighted by Gasteiger charge is 2.35. The summed E-state index contributed by atoms with van der Waals surface area (Å²) in [7, 11) is -3.09. The zero-order valence-electron chi connectivity index (χ0n) is 20.8. The number of nitrogens with zero attached hydrogens (tertiary/aromatic N) is 2. The van der Waals surface area contributed by atoms with Gasteiger partial charge in [0.2, 0.25) is 5.91 Å². The Kier molecular flexibility index (Phi) is 7.85. The Morgan fingerprint density at radius 3 is 2.33 bits per heavy atom. The Morgan fingerprint density at radius 1 is 1.03 bits per heavy atom. The number of benzene rings is 2. The normalized spacial score (nSPS) is 18.5. The Bertz CT molecular complexity index is 1210. The molecule has 2 aliphatic rings. The van der Waals surface area contributed by atoms with Gasteiger partial charge in [0, 0.05) is 32.6 Å². The van der Waals surface area contributed by atoms with Gasteiger partial charge in [-0.2, -0.15) is 0 Å². The fourth-order valence-corrected chi connectivity index (χ4v) is 4.90. The van der Waals surface area contributed by atoms with Crippen LogP contribution in [0.3, 0.4) is 0 Å². The van der Waals surface area contributed by atoms with Crippen molar-refractivity contribution in [3.05, 3.63) is 42.5 Å². The third kappa shape index (κ3) is 6.17. The molecule has 194 valence electrons. The van der Waals surface area contributed by atoms with Crippen molar-refractivity contribution in [3.8, 4) is 16.9 Å². The molecule has 1 saturated heterocycles. The topological polar surface area (TPSA) is 102 Å². The van der Waals surface area contributed by atoms with E-state index in [-0.39, 0.29) is 30.4 Å². The molecular weight excluding hydrogens is 484 g/mol. The summed E-state index contributed by atoms with van der Waals surface area (Å²) in [5.74, 6) is 0.424. The minimum absolute atomic E-state index is 0.0511. The quantitative estimate of drug-likeness (QED) is 0.577. The van der Waals surface area contributed by atoms with E-state index in [2.05, 4.69) is 0 Å². The van der Waals surface area contributed by atoms with Crippen LogP contribution in [0.2, 0.25) is 0 Å². The molecule has 4 rings (SSSR count). The predicted molar refractivity (Wildman–Crippen MR) is 137 cm³/mol. The van der Waals surface area contributed by atoms with Gasteiger partial charge in [-0.25, -0.2) is 13.2 Å². The first-order valence-electron chi connectivity index (χ1n) is 12.0. The molecule has 10 heteroatoms. The fraction of sp³-hybridized carbons (Fsp3) is 0.462. The third-order valence-corrected chi connectivity index (χ3v) is 7.23. The molecule has 0 bridgehead atoms. The van der Waals surface area contributed by atoms with Crippen molar-refractivity contribution in [1.29, 1.82) is 0 Å². The van der Waals surface area contributed by atoms with E-state index in [0.29, 0.717) is 49.7 Å². The number of ether oxygens (including phenoxy) is 3. The monoisotopic (exact) mass is 516 g/mol. The molecule has 1 atom stereocenters. The van der Waals surface area contributed by atoms with Gasteiger partial charge in [-0.1, -0.05) is 18.2 Å². The minimum Gasteiger partial charge on any atom is -0.493 e. The Balaban J connectivity index is 1.59. The van der Waals surface area contributed by atoms with E-state index >= 15 is 0 Å². The van der Waals surface area contributed by atoms with Crippen LogP contribution in [-0.2, 0) is 24.1 Å². The predicted octanol–water partition coefficient (Wildman–Crippen LogP) is 3.65. The molecule has 0 spiro atoms. The first-order chi connectivity index (χ1) is 17.1. The van der Waals surface area contributed by atoms with E-state index < -0.39 is 15.9 Å². The molecule has 2 aromatic rings. The van der Waals surface area contributed by atoms with Gasteiger partial charge in [-0.15, -0.1) is 0 Å². The maximum atomic E-state index is 13.2. The number of sulfone groups is 1. The van der Waals surface area contributed by atoms with Crippen LogP contribution in [0, 0.1) is 0 Å². The lowest BCUT2D eigenvalue weighted by Gasteiger charge is -2.41. The summed E-state index contributed by atoms with van der Waals surface area (Å²) in [6, 6.07) is 12.7. The molecule has 2 aromatic carbocycles. The first-order valence-corrected chi connectivity index (χ1v) is 14.1. The van der Waals surface area contributed by atoms with E-state index in [1.165, 1.54) is 13.2 Å². The summed E-state index contributed by atoms with van der Waals surface area (Å²) in [6.07, 6.45) is 1.89. The number of amides is 2. The van der Waals surface area contributed by atoms with Crippen molar-refractivity contribution in [1.82, 2.24) is 0 Å². The fourth-order valence-electron chi connectivity index (χ4n) is 4.51. The van der Waals surface area contributed by atoms with E-state index in [0.717, 1.165) is 11.1 Å². The van der Waals surface area contributed by atoms with Gasteiger partial charge >= 0.3 is 6.09 Å². The summed E-state index contributed by atoms with van der Waals surface area (Å²) >= 11 is 0. The van der Waals surface area contributed by atoms with E-state index in [4.69, 9.17) is 14.2 Å². The van der Waals surface area contributed by atoms with Crippen molar-refractivity contribution in [2.24, 2.45) is 0 Å². The second-order valence-electron chi connectivity index (χ2n) is 9.25. The molecule has 2 heterocycles. The van der Waals surface area contributed by atoms with Crippen molar-refractivity contribution < 1.29 is 32.2 Å². The number of carbonyl (C=O) groups is 2. The number of fused-ring (bicyclic) bond motifs is 1. The average Bonchev–Trinajstić information content (AvgIpc) is 2.83. The maximum Gasteiger partial charge on any atom is 0.414 e. The van der Waals surface area contributed by atoms with Gasteiger partial charge in [-0.3, -0.25) is 9.69 Å². The molecule has 9 nitrogen and oxygen atoms in total. The average molecular weight is 517 g/mol. The maximum absolute atomic E-state index is 13.2. The molecule has 0 saturated carbocycles. The highest BCUT2D eigenvalue weighted by molar-refractivity contribution is 7.90. The molecule has 0 radical (unpaired) electrons. The standard InChI is InChI=1S/C26H32N2O7S/c1-18-17-27(26(30)35-23-10-12-33-13-11-23)25-16-21(6-9-24(25)28(18)19(2)29)20-4-7-22(8-5-20)34-14-15-36(3,31)32/h4-9,16,18,23H,10-15,17H2,1-3H3. The number of rotatable bonds is 6. The molecule has 0 N–H and O–H groups in total. The van der Waals surface area contributed by atoms with Crippen LogP contribution in [0.1, 0.15) is 26.7 Å². The molecule has 1 unspecified atom stereocenters. The van der Waals surface area contributed by atoms with Crippen molar-refractivity contribution in [2.45, 2.75) is 38.8 Å². The summed E-state index contributed by atoms with van der Waals surface area (Å²) in [5.41, 5.74) is 3.03. The van der Waals surface area contributed by atoms with Crippen molar-refractivity contribution in [3.63, 3.8) is 0 Å². The van der Waals surface area contributed by atoms with Crippen LogP contribution in [0.25, 0.3) is 11.1 Å². The van der Waals surface area contributed by atoms with Gasteiger partial charge < -0.3 is 19.1 Å². The van der Waals surface area contributed by atoms with E-state index in [1.54, 1.807) is 21.9 Å². The van der Waals surface area contributed by atoms with Crippen LogP contribution in [0.5, 0.6) is 5.75 Å². The van der Waals surface area contributed by atoms with E-state index in [1.807, 2.05) is 37.3 Å². The molecular formula is C26H32N2O7S. The summed E-state index contributed by atoms with van der Waals surface area (Å²) < 4.78 is 39.3. The Morgan fingerprint density at radius 2 is 1.69 bits per heavy atom. The van der Waals surface area contributed by atoms with Crippen LogP contribution >= 0.6 is 0 Å². The third-order valence-electron chi connectivity index (χ3n) is 6.32. The largest absolute Gasteiger partial charge is 0.493 e. The lowest BCUT2D eigenvalue weighted by atomic mass is 10.0. The van der Waals surface area contributed by atoms with Crippen molar-refractivity contribution >= 4 is 33.2 Å². The van der Waals surface area contributed by atoms with Gasteiger partial charge in [0.15, 0.2) is 9.84 Å². The molecule has 2 amide bonds. The molecule has 0 aromatic heterocycles. The SMILES string of the molecule is CC(=O)N1c2ccc(-c3ccc(OCCS(C)(=O)=O)cc3)cc2N(C(=O)OC2CCOCC2)CC1C.